The summed E-state index contributed by atoms with van der Waals surface area (Å²) in [5, 5.41) is 9.51. The topological polar surface area (TPSA) is 81.2 Å². The summed E-state index contributed by atoms with van der Waals surface area (Å²) in [5.41, 5.74) is 3.13. The first-order chi connectivity index (χ1) is 10.9. The third kappa shape index (κ3) is 3.80. The fourth-order valence-electron chi connectivity index (χ4n) is 3.07. The van der Waals surface area contributed by atoms with E-state index in [4.69, 9.17) is 5.14 Å². The van der Waals surface area contributed by atoms with E-state index in [1.807, 2.05) is 41.9 Å². The molecular formula is C16H22N4O2S. The lowest BCUT2D eigenvalue weighted by molar-refractivity contribution is 0.219. The van der Waals surface area contributed by atoms with Crippen LogP contribution in [-0.2, 0) is 16.6 Å². The minimum Gasteiger partial charge on any atom is -0.297 e. The van der Waals surface area contributed by atoms with E-state index in [1.165, 1.54) is 0 Å². The van der Waals surface area contributed by atoms with Gasteiger partial charge in [-0.2, -0.15) is 5.10 Å². The molecule has 2 heterocycles. The van der Waals surface area contributed by atoms with Gasteiger partial charge in [-0.25, -0.2) is 18.2 Å². The molecule has 0 amide bonds. The van der Waals surface area contributed by atoms with Crippen LogP contribution in [0, 0.1) is 6.92 Å². The minimum absolute atomic E-state index is 0.401. The number of rotatable bonds is 4. The number of piperidine rings is 1. The Morgan fingerprint density at radius 1 is 1.22 bits per heavy atom. The van der Waals surface area contributed by atoms with Crippen LogP contribution in [0.15, 0.2) is 36.4 Å². The van der Waals surface area contributed by atoms with Crippen molar-refractivity contribution in [2.75, 3.05) is 13.1 Å². The van der Waals surface area contributed by atoms with Gasteiger partial charge in [0.15, 0.2) is 0 Å². The van der Waals surface area contributed by atoms with E-state index in [0.717, 1.165) is 36.7 Å². The summed E-state index contributed by atoms with van der Waals surface area (Å²) in [4.78, 5) is 2.23. The van der Waals surface area contributed by atoms with Crippen molar-refractivity contribution in [2.24, 2.45) is 5.14 Å². The molecule has 1 saturated heterocycles. The highest BCUT2D eigenvalue weighted by Crippen LogP contribution is 2.19. The standard InChI is InChI=1S/C16H22N4O2S/c1-13-11-14(18-20(13)15-5-3-2-4-6-15)12-19-9-7-16(8-10-19)23(17,21)22/h2-6,11,16H,7-10,12H2,1H3,(H2,17,21,22). The number of primary sulfonamides is 1. The average Bonchev–Trinajstić information content (AvgIpc) is 2.88. The Morgan fingerprint density at radius 3 is 2.48 bits per heavy atom. The van der Waals surface area contributed by atoms with E-state index in [0.29, 0.717) is 12.8 Å². The molecule has 0 saturated carbocycles. The summed E-state index contributed by atoms with van der Waals surface area (Å²) in [6.45, 7) is 4.24. The van der Waals surface area contributed by atoms with Crippen molar-refractivity contribution in [1.29, 1.82) is 0 Å². The number of para-hydroxylation sites is 1. The van der Waals surface area contributed by atoms with Gasteiger partial charge in [-0.15, -0.1) is 0 Å². The zero-order chi connectivity index (χ0) is 16.4. The van der Waals surface area contributed by atoms with E-state index in [1.54, 1.807) is 0 Å². The van der Waals surface area contributed by atoms with Gasteiger partial charge in [0, 0.05) is 12.2 Å². The van der Waals surface area contributed by atoms with Crippen molar-refractivity contribution in [3.8, 4) is 5.69 Å². The number of hydrogen-bond donors (Lipinski definition) is 1. The van der Waals surface area contributed by atoms with E-state index in [9.17, 15) is 8.42 Å². The van der Waals surface area contributed by atoms with Gasteiger partial charge in [0.2, 0.25) is 10.0 Å². The summed E-state index contributed by atoms with van der Waals surface area (Å²) in [7, 11) is -3.41. The second-order valence-corrected chi connectivity index (χ2v) is 7.93. The lowest BCUT2D eigenvalue weighted by atomic mass is 10.1. The van der Waals surface area contributed by atoms with Crippen molar-refractivity contribution in [2.45, 2.75) is 31.6 Å². The molecule has 1 aliphatic rings. The molecular weight excluding hydrogens is 312 g/mol. The Hall–Kier alpha value is -1.70. The first kappa shape index (κ1) is 16.2. The minimum atomic E-state index is -3.41. The van der Waals surface area contributed by atoms with Crippen LogP contribution >= 0.6 is 0 Å². The predicted molar refractivity (Wildman–Crippen MR) is 89.7 cm³/mol. The second-order valence-electron chi connectivity index (χ2n) is 6.09. The van der Waals surface area contributed by atoms with Crippen LogP contribution in [-0.4, -0.2) is 41.4 Å². The Labute approximate surface area is 137 Å². The van der Waals surface area contributed by atoms with Crippen LogP contribution in [0.4, 0.5) is 0 Å². The Bertz CT molecular complexity index is 763. The number of likely N-dealkylation sites (tertiary alicyclic amines) is 1. The third-order valence-corrected chi connectivity index (χ3v) is 5.72. The number of nitrogens with two attached hydrogens (primary N) is 1. The number of sulfonamides is 1. The van der Waals surface area contributed by atoms with Crippen molar-refractivity contribution >= 4 is 10.0 Å². The lowest BCUT2D eigenvalue weighted by Gasteiger charge is -2.30. The van der Waals surface area contributed by atoms with Crippen molar-refractivity contribution < 1.29 is 8.42 Å². The zero-order valence-electron chi connectivity index (χ0n) is 13.2. The Balaban J connectivity index is 1.66. The van der Waals surface area contributed by atoms with Crippen LogP contribution in [0.1, 0.15) is 24.2 Å². The van der Waals surface area contributed by atoms with Gasteiger partial charge in [-0.3, -0.25) is 4.90 Å². The maximum absolute atomic E-state index is 11.4. The van der Waals surface area contributed by atoms with E-state index < -0.39 is 15.3 Å². The molecule has 0 atom stereocenters. The summed E-state index contributed by atoms with van der Waals surface area (Å²) in [5.74, 6) is 0. The van der Waals surface area contributed by atoms with Gasteiger partial charge < -0.3 is 0 Å². The molecule has 0 bridgehead atoms. The molecule has 7 heteroatoms. The molecule has 6 nitrogen and oxygen atoms in total. The maximum Gasteiger partial charge on any atom is 0.212 e. The number of nitrogens with zero attached hydrogens (tertiary/aromatic N) is 3. The lowest BCUT2D eigenvalue weighted by Crippen LogP contribution is -2.41. The molecule has 0 aliphatic carbocycles. The maximum atomic E-state index is 11.4. The first-order valence-corrected chi connectivity index (χ1v) is 9.39. The van der Waals surface area contributed by atoms with Crippen molar-refractivity contribution in [3.05, 3.63) is 47.8 Å². The Morgan fingerprint density at radius 2 is 1.87 bits per heavy atom. The molecule has 1 aromatic heterocycles. The highest BCUT2D eigenvalue weighted by Gasteiger charge is 2.27. The quantitative estimate of drug-likeness (QED) is 0.917. The average molecular weight is 334 g/mol. The fourth-order valence-corrected chi connectivity index (χ4v) is 3.94. The van der Waals surface area contributed by atoms with Gasteiger partial charge >= 0.3 is 0 Å². The predicted octanol–water partition coefficient (Wildman–Crippen LogP) is 1.43. The summed E-state index contributed by atoms with van der Waals surface area (Å²) in [6, 6.07) is 12.1. The van der Waals surface area contributed by atoms with Crippen LogP contribution in [0.3, 0.4) is 0 Å². The molecule has 1 aromatic carbocycles. The molecule has 3 rings (SSSR count). The smallest absolute Gasteiger partial charge is 0.212 e. The fraction of sp³-hybridized carbons (Fsp3) is 0.438. The van der Waals surface area contributed by atoms with Crippen LogP contribution in [0.25, 0.3) is 5.69 Å². The van der Waals surface area contributed by atoms with E-state index in [2.05, 4.69) is 16.1 Å². The number of aromatic nitrogens is 2. The number of benzene rings is 1. The van der Waals surface area contributed by atoms with Gasteiger partial charge in [0.25, 0.3) is 0 Å². The molecule has 0 unspecified atom stereocenters. The van der Waals surface area contributed by atoms with Gasteiger partial charge in [-0.1, -0.05) is 18.2 Å². The third-order valence-electron chi connectivity index (χ3n) is 4.32. The zero-order valence-corrected chi connectivity index (χ0v) is 14.0. The van der Waals surface area contributed by atoms with Crippen molar-refractivity contribution in [1.82, 2.24) is 14.7 Å². The van der Waals surface area contributed by atoms with E-state index >= 15 is 0 Å². The van der Waals surface area contributed by atoms with Crippen molar-refractivity contribution in [3.63, 3.8) is 0 Å². The van der Waals surface area contributed by atoms with Crippen LogP contribution < -0.4 is 5.14 Å². The van der Waals surface area contributed by atoms with Crippen LogP contribution in [0.5, 0.6) is 0 Å². The molecule has 0 spiro atoms. The molecule has 0 radical (unpaired) electrons. The highest BCUT2D eigenvalue weighted by molar-refractivity contribution is 7.89. The Kier molecular flexibility index (Phi) is 4.52. The molecule has 1 fully saturated rings. The number of aryl methyl sites for hydroxylation is 1. The van der Waals surface area contributed by atoms with Gasteiger partial charge in [0.1, 0.15) is 0 Å². The van der Waals surface area contributed by atoms with E-state index in [-0.39, 0.29) is 0 Å². The second kappa shape index (κ2) is 6.43. The van der Waals surface area contributed by atoms with Gasteiger partial charge in [0.05, 0.1) is 16.6 Å². The summed E-state index contributed by atoms with van der Waals surface area (Å²) >= 11 is 0. The van der Waals surface area contributed by atoms with Gasteiger partial charge in [-0.05, 0) is 51.1 Å². The normalized spacial score (nSPS) is 17.5. The van der Waals surface area contributed by atoms with Crippen LogP contribution in [0.2, 0.25) is 0 Å². The molecule has 2 aromatic rings. The molecule has 23 heavy (non-hydrogen) atoms. The SMILES string of the molecule is Cc1cc(CN2CCC(S(N)(=O)=O)CC2)nn1-c1ccccc1. The largest absolute Gasteiger partial charge is 0.297 e. The molecule has 124 valence electrons. The highest BCUT2D eigenvalue weighted by atomic mass is 32.2. The first-order valence-electron chi connectivity index (χ1n) is 7.78. The number of hydrogen-bond acceptors (Lipinski definition) is 4. The molecule has 1 aliphatic heterocycles. The monoisotopic (exact) mass is 334 g/mol. The molecule has 2 N–H and O–H groups in total. The summed E-state index contributed by atoms with van der Waals surface area (Å²) in [6.07, 6.45) is 1.19. The summed E-state index contributed by atoms with van der Waals surface area (Å²) < 4.78 is 24.7.